The van der Waals surface area contributed by atoms with Crippen molar-refractivity contribution in [3.8, 4) is 0 Å². The van der Waals surface area contributed by atoms with Gasteiger partial charge < -0.3 is 28.4 Å². The zero-order valence-corrected chi connectivity index (χ0v) is 18.6. The minimum absolute atomic E-state index is 0.460. The first kappa shape index (κ1) is 26.2. The Hall–Kier alpha value is -1.82. The number of hydrogen-bond acceptors (Lipinski definition) is 11. The van der Waals surface area contributed by atoms with Crippen LogP contribution in [0.4, 0.5) is 0 Å². The molecule has 14 heteroatoms. The zero-order chi connectivity index (χ0) is 23.2. The van der Waals surface area contributed by atoms with Gasteiger partial charge in [0.2, 0.25) is 18.3 Å². The van der Waals surface area contributed by atoms with Crippen molar-refractivity contribution >= 4 is 64.6 Å². The van der Waals surface area contributed by atoms with Crippen LogP contribution in [-0.4, -0.2) is 70.9 Å². The van der Waals surface area contributed by atoms with Crippen LogP contribution < -0.4 is 0 Å². The van der Waals surface area contributed by atoms with Gasteiger partial charge in [-0.1, -0.05) is 34.8 Å². The van der Waals surface area contributed by atoms with Gasteiger partial charge >= 0.3 is 23.9 Å². The second-order valence-corrected chi connectivity index (χ2v) is 8.29. The minimum atomic E-state index is -2.29. The molecule has 0 radical (unpaired) electrons. The fraction of sp³-hybridized carbons (Fsp3) is 0.688. The molecule has 1 saturated heterocycles. The molecule has 0 aromatic carbocycles. The maximum absolute atomic E-state index is 11.7. The molecule has 1 heterocycles. The van der Waals surface area contributed by atoms with E-state index in [1.165, 1.54) is 0 Å². The first-order valence-electron chi connectivity index (χ1n) is 8.35. The number of carbonyl (C=O) groups excluding carboxylic acids is 4. The largest absolute Gasteiger partial charge is 0.463 e. The normalized spacial score (nSPS) is 26.2. The van der Waals surface area contributed by atoms with Crippen molar-refractivity contribution in [3.05, 3.63) is 0 Å². The molecule has 0 aliphatic carbocycles. The van der Waals surface area contributed by atoms with Gasteiger partial charge in [-0.2, -0.15) is 0 Å². The summed E-state index contributed by atoms with van der Waals surface area (Å²) in [6, 6.07) is 0. The van der Waals surface area contributed by atoms with Gasteiger partial charge in [0, 0.05) is 27.7 Å². The molecule has 0 saturated carbocycles. The number of hydrogen-bond donors (Lipinski definition) is 1. The second kappa shape index (κ2) is 11.0. The highest BCUT2D eigenvalue weighted by molar-refractivity contribution is 6.76. The van der Waals surface area contributed by atoms with Crippen LogP contribution >= 0.6 is 34.8 Å². The number of alkyl halides is 3. The van der Waals surface area contributed by atoms with Crippen LogP contribution in [0.5, 0.6) is 0 Å². The molecule has 0 aromatic heterocycles. The molecular weight excluding hydrogens is 473 g/mol. The molecular formula is C16H20Cl3NO10. The molecule has 1 fully saturated rings. The predicted molar refractivity (Wildman–Crippen MR) is 101 cm³/mol. The topological polar surface area (TPSA) is 148 Å². The Morgan fingerprint density at radius 2 is 1.27 bits per heavy atom. The fourth-order valence-corrected chi connectivity index (χ4v) is 2.60. The quantitative estimate of drug-likeness (QED) is 0.190. The van der Waals surface area contributed by atoms with E-state index in [0.29, 0.717) is 0 Å². The van der Waals surface area contributed by atoms with Crippen LogP contribution in [0, 0.1) is 5.41 Å². The van der Waals surface area contributed by atoms with Gasteiger partial charge in [0.05, 0.1) is 0 Å². The molecule has 170 valence electrons. The summed E-state index contributed by atoms with van der Waals surface area (Å²) in [5, 5.41) is 7.74. The van der Waals surface area contributed by atoms with E-state index in [2.05, 4.69) is 0 Å². The molecule has 30 heavy (non-hydrogen) atoms. The smallest absolute Gasteiger partial charge is 0.303 e. The molecule has 5 atom stereocenters. The van der Waals surface area contributed by atoms with Gasteiger partial charge in [-0.15, -0.1) is 0 Å². The average molecular weight is 493 g/mol. The van der Waals surface area contributed by atoms with Crippen LogP contribution in [-0.2, 0) is 47.6 Å². The number of rotatable bonds is 6. The monoisotopic (exact) mass is 491 g/mol. The van der Waals surface area contributed by atoms with E-state index in [1.807, 2.05) is 0 Å². The van der Waals surface area contributed by atoms with Crippen LogP contribution in [0.25, 0.3) is 0 Å². The van der Waals surface area contributed by atoms with E-state index < -0.39 is 70.9 Å². The molecule has 0 spiro atoms. The fourth-order valence-electron chi connectivity index (χ4n) is 2.47. The Morgan fingerprint density at radius 3 is 1.70 bits per heavy atom. The zero-order valence-electron chi connectivity index (χ0n) is 16.3. The highest BCUT2D eigenvalue weighted by Crippen LogP contribution is 2.33. The standard InChI is InChI=1S/C16H20Cl3NO10/c1-6(21)25-5-10-11(26-7(2)22)12(27-8(3)23)13(28-9(4)24)14(29-10)30-15(20)16(17,18)19/h10-14,20H,5H2,1-4H3/t10-,11+,12+,13-,14?/m1/s1. The molecule has 1 N–H and O–H groups in total. The van der Waals surface area contributed by atoms with E-state index in [1.54, 1.807) is 0 Å². The van der Waals surface area contributed by atoms with Crippen LogP contribution in [0.3, 0.4) is 0 Å². The molecule has 1 rings (SSSR count). The highest BCUT2D eigenvalue weighted by Gasteiger charge is 2.54. The number of nitrogens with one attached hydrogen (secondary N) is 1. The summed E-state index contributed by atoms with van der Waals surface area (Å²) in [6.45, 7) is 3.86. The van der Waals surface area contributed by atoms with E-state index in [9.17, 15) is 19.2 Å². The van der Waals surface area contributed by atoms with Crippen molar-refractivity contribution in [2.45, 2.75) is 62.2 Å². The molecule has 0 amide bonds. The summed E-state index contributed by atoms with van der Waals surface area (Å²) in [5.74, 6) is -4.03. The van der Waals surface area contributed by atoms with E-state index in [-0.39, 0.29) is 0 Å². The molecule has 1 unspecified atom stereocenters. The maximum atomic E-state index is 11.7. The van der Waals surface area contributed by atoms with Crippen LogP contribution in [0.1, 0.15) is 27.7 Å². The Labute approximate surface area is 186 Å². The summed E-state index contributed by atoms with van der Waals surface area (Å²) < 4.78 is 28.9. The minimum Gasteiger partial charge on any atom is -0.463 e. The lowest BCUT2D eigenvalue weighted by Gasteiger charge is -2.44. The van der Waals surface area contributed by atoms with Gasteiger partial charge in [0.15, 0.2) is 12.2 Å². The lowest BCUT2D eigenvalue weighted by atomic mass is 9.98. The highest BCUT2D eigenvalue weighted by atomic mass is 35.6. The number of halogens is 3. The van der Waals surface area contributed by atoms with E-state index in [4.69, 9.17) is 68.6 Å². The second-order valence-electron chi connectivity index (χ2n) is 6.01. The molecule has 0 aromatic rings. The van der Waals surface area contributed by atoms with Gasteiger partial charge in [-0.25, -0.2) is 0 Å². The van der Waals surface area contributed by atoms with Crippen molar-refractivity contribution < 1.29 is 47.6 Å². The third kappa shape index (κ3) is 8.13. The van der Waals surface area contributed by atoms with Gasteiger partial charge in [0.25, 0.3) is 3.79 Å². The Bertz CT molecular complexity index is 695. The molecule has 1 aliphatic rings. The SMILES string of the molecule is CC(=O)OC[C@H]1OC(OC(=N)C(Cl)(Cl)Cl)[C@H](OC(C)=O)[C@@H](OC(C)=O)[C@H]1OC(C)=O. The van der Waals surface area contributed by atoms with Gasteiger partial charge in [0.1, 0.15) is 12.7 Å². The van der Waals surface area contributed by atoms with Crippen LogP contribution in [0.2, 0.25) is 0 Å². The maximum Gasteiger partial charge on any atom is 0.303 e. The van der Waals surface area contributed by atoms with Crippen molar-refractivity contribution in [1.29, 1.82) is 5.41 Å². The lowest BCUT2D eigenvalue weighted by Crippen LogP contribution is -2.63. The van der Waals surface area contributed by atoms with E-state index in [0.717, 1.165) is 27.7 Å². The van der Waals surface area contributed by atoms with Gasteiger partial charge in [-0.3, -0.25) is 24.6 Å². The van der Waals surface area contributed by atoms with Crippen molar-refractivity contribution in [3.63, 3.8) is 0 Å². The summed E-state index contributed by atoms with van der Waals surface area (Å²) in [7, 11) is 0. The summed E-state index contributed by atoms with van der Waals surface area (Å²) >= 11 is 16.8. The summed E-state index contributed by atoms with van der Waals surface area (Å²) in [5.41, 5.74) is 0. The number of esters is 4. The van der Waals surface area contributed by atoms with Crippen molar-refractivity contribution in [2.24, 2.45) is 0 Å². The summed E-state index contributed by atoms with van der Waals surface area (Å²) in [4.78, 5) is 46.1. The average Bonchev–Trinajstić information content (AvgIpc) is 2.56. The van der Waals surface area contributed by atoms with Crippen molar-refractivity contribution in [1.82, 2.24) is 0 Å². The molecule has 0 bridgehead atoms. The number of carbonyl (C=O) groups is 4. The molecule has 1 aliphatic heterocycles. The first-order chi connectivity index (χ1) is 13.7. The van der Waals surface area contributed by atoms with E-state index >= 15 is 0 Å². The predicted octanol–water partition coefficient (Wildman–Crippen LogP) is 1.43. The lowest BCUT2D eigenvalue weighted by molar-refractivity contribution is -0.292. The van der Waals surface area contributed by atoms with Gasteiger partial charge in [-0.05, 0) is 0 Å². The Morgan fingerprint density at radius 1 is 0.800 bits per heavy atom. The Balaban J connectivity index is 3.37. The molecule has 11 nitrogen and oxygen atoms in total. The third-order valence-electron chi connectivity index (χ3n) is 3.44. The summed E-state index contributed by atoms with van der Waals surface area (Å²) in [6.07, 6.45) is -7.25. The van der Waals surface area contributed by atoms with Crippen molar-refractivity contribution in [2.75, 3.05) is 6.61 Å². The Kier molecular flexibility index (Phi) is 9.60. The third-order valence-corrected chi connectivity index (χ3v) is 3.95. The first-order valence-corrected chi connectivity index (χ1v) is 9.48. The number of ether oxygens (including phenoxy) is 6. The van der Waals surface area contributed by atoms with Crippen LogP contribution in [0.15, 0.2) is 0 Å².